The molecule has 0 aliphatic carbocycles. The van der Waals surface area contributed by atoms with E-state index >= 15 is 0 Å². The predicted molar refractivity (Wildman–Crippen MR) is 128 cm³/mol. The number of nitrogens with zero attached hydrogens (tertiary/aromatic N) is 5. The molecule has 2 saturated heterocycles. The number of carbonyl (C=O) groups is 2. The van der Waals surface area contributed by atoms with Crippen molar-refractivity contribution in [2.45, 2.75) is 25.8 Å². The van der Waals surface area contributed by atoms with E-state index in [0.717, 1.165) is 29.8 Å². The van der Waals surface area contributed by atoms with Gasteiger partial charge in [-0.1, -0.05) is 0 Å². The first-order valence-electron chi connectivity index (χ1n) is 11.6. The SMILES string of the molecule is Cc1cc(-c2cc(Oc3ccc(NC(=O)N4CCN(C5CCOCC5)C4=O)nc3)ccn2)ccn1. The van der Waals surface area contributed by atoms with Crippen LogP contribution in [0.1, 0.15) is 18.5 Å². The molecule has 0 saturated carbocycles. The van der Waals surface area contributed by atoms with Crippen LogP contribution in [0.15, 0.2) is 55.0 Å². The molecular formula is C25H26N6O4. The van der Waals surface area contributed by atoms with E-state index in [1.807, 2.05) is 25.1 Å². The second-order valence-electron chi connectivity index (χ2n) is 8.45. The highest BCUT2D eigenvalue weighted by atomic mass is 16.5. The predicted octanol–water partition coefficient (Wildman–Crippen LogP) is 4.09. The number of carbonyl (C=O) groups excluding carboxylic acids is 2. The number of ether oxygens (including phenoxy) is 2. The van der Waals surface area contributed by atoms with Crippen LogP contribution >= 0.6 is 0 Å². The lowest BCUT2D eigenvalue weighted by Crippen LogP contribution is -2.44. The molecular weight excluding hydrogens is 448 g/mol. The molecule has 4 amide bonds. The summed E-state index contributed by atoms with van der Waals surface area (Å²) < 4.78 is 11.3. The van der Waals surface area contributed by atoms with Gasteiger partial charge < -0.3 is 14.4 Å². The van der Waals surface area contributed by atoms with Gasteiger partial charge in [-0.05, 0) is 50.1 Å². The third-order valence-electron chi connectivity index (χ3n) is 6.05. The van der Waals surface area contributed by atoms with Gasteiger partial charge in [-0.15, -0.1) is 0 Å². The van der Waals surface area contributed by atoms with Gasteiger partial charge in [-0.25, -0.2) is 19.5 Å². The fourth-order valence-electron chi connectivity index (χ4n) is 4.24. The minimum Gasteiger partial charge on any atom is -0.456 e. The molecule has 3 aromatic heterocycles. The number of anilines is 1. The van der Waals surface area contributed by atoms with Crippen LogP contribution < -0.4 is 10.1 Å². The quantitative estimate of drug-likeness (QED) is 0.593. The van der Waals surface area contributed by atoms with Crippen molar-refractivity contribution in [1.29, 1.82) is 0 Å². The molecule has 0 unspecified atom stereocenters. The van der Waals surface area contributed by atoms with Crippen LogP contribution in [0, 0.1) is 6.92 Å². The lowest BCUT2D eigenvalue weighted by atomic mass is 10.1. The molecule has 0 radical (unpaired) electrons. The average Bonchev–Trinajstić information content (AvgIpc) is 3.27. The van der Waals surface area contributed by atoms with Crippen LogP contribution in [0.3, 0.4) is 0 Å². The zero-order valence-electron chi connectivity index (χ0n) is 19.4. The fraction of sp³-hybridized carbons (Fsp3) is 0.320. The first-order valence-corrected chi connectivity index (χ1v) is 11.6. The van der Waals surface area contributed by atoms with Crippen LogP contribution in [0.4, 0.5) is 15.4 Å². The molecule has 10 nitrogen and oxygen atoms in total. The second-order valence-corrected chi connectivity index (χ2v) is 8.45. The number of hydrogen-bond donors (Lipinski definition) is 1. The highest BCUT2D eigenvalue weighted by molar-refractivity contribution is 6.01. The molecule has 2 aliphatic heterocycles. The molecule has 0 aromatic carbocycles. The standard InChI is InChI=1S/C25H26N6O4/c1-17-14-18(4-8-26-17)22-15-20(5-9-27-22)35-21-2-3-23(28-16-21)29-24(32)31-11-10-30(25(31)33)19-6-12-34-13-7-19/h2-5,8-9,14-16,19H,6-7,10-13H2,1H3,(H,28,29,32). The van der Waals surface area contributed by atoms with Crippen LogP contribution in [0.2, 0.25) is 0 Å². The first kappa shape index (κ1) is 22.7. The van der Waals surface area contributed by atoms with Crippen molar-refractivity contribution in [3.63, 3.8) is 0 Å². The fourth-order valence-corrected chi connectivity index (χ4v) is 4.24. The summed E-state index contributed by atoms with van der Waals surface area (Å²) in [5.74, 6) is 1.45. The lowest BCUT2D eigenvalue weighted by molar-refractivity contribution is 0.0510. The number of aromatic nitrogens is 3. The van der Waals surface area contributed by atoms with Gasteiger partial charge in [0.15, 0.2) is 0 Å². The Hall–Kier alpha value is -4.05. The van der Waals surface area contributed by atoms with E-state index in [1.54, 1.807) is 35.5 Å². The van der Waals surface area contributed by atoms with Gasteiger partial charge in [0.1, 0.15) is 17.3 Å². The molecule has 0 spiro atoms. The molecule has 35 heavy (non-hydrogen) atoms. The Balaban J connectivity index is 1.19. The Morgan fingerprint density at radius 3 is 2.63 bits per heavy atom. The van der Waals surface area contributed by atoms with Crippen molar-refractivity contribution in [2.75, 3.05) is 31.6 Å². The summed E-state index contributed by atoms with van der Waals surface area (Å²) in [6.45, 7) is 4.10. The summed E-state index contributed by atoms with van der Waals surface area (Å²) in [6.07, 6.45) is 6.54. The minimum atomic E-state index is -0.489. The van der Waals surface area contributed by atoms with Crippen molar-refractivity contribution in [1.82, 2.24) is 24.8 Å². The van der Waals surface area contributed by atoms with Crippen LogP contribution in [-0.4, -0.2) is 69.2 Å². The van der Waals surface area contributed by atoms with Gasteiger partial charge in [0.05, 0.1) is 11.9 Å². The summed E-state index contributed by atoms with van der Waals surface area (Å²) in [4.78, 5) is 41.3. The summed E-state index contributed by atoms with van der Waals surface area (Å²) >= 11 is 0. The van der Waals surface area contributed by atoms with E-state index in [4.69, 9.17) is 9.47 Å². The Labute approximate surface area is 202 Å². The maximum atomic E-state index is 12.7. The molecule has 10 heteroatoms. The van der Waals surface area contributed by atoms with Crippen LogP contribution in [0.5, 0.6) is 11.5 Å². The monoisotopic (exact) mass is 474 g/mol. The Morgan fingerprint density at radius 1 is 1.03 bits per heavy atom. The molecule has 3 aromatic rings. The summed E-state index contributed by atoms with van der Waals surface area (Å²) in [5, 5.41) is 2.70. The van der Waals surface area contributed by atoms with E-state index < -0.39 is 6.03 Å². The van der Waals surface area contributed by atoms with Gasteiger partial charge in [0.25, 0.3) is 0 Å². The second kappa shape index (κ2) is 10.1. The third-order valence-corrected chi connectivity index (χ3v) is 6.05. The lowest BCUT2D eigenvalue weighted by Gasteiger charge is -2.30. The summed E-state index contributed by atoms with van der Waals surface area (Å²) in [5.41, 5.74) is 2.63. The van der Waals surface area contributed by atoms with Crippen molar-refractivity contribution in [2.24, 2.45) is 0 Å². The molecule has 0 atom stereocenters. The zero-order valence-corrected chi connectivity index (χ0v) is 19.4. The Bertz CT molecular complexity index is 1210. The maximum Gasteiger partial charge on any atom is 0.331 e. The van der Waals surface area contributed by atoms with Gasteiger partial charge in [0, 0.05) is 62.1 Å². The Kier molecular flexibility index (Phi) is 6.53. The molecule has 5 rings (SSSR count). The molecule has 5 heterocycles. The third kappa shape index (κ3) is 5.22. The van der Waals surface area contributed by atoms with Crippen molar-refractivity contribution in [3.8, 4) is 22.8 Å². The van der Waals surface area contributed by atoms with E-state index in [-0.39, 0.29) is 12.1 Å². The van der Waals surface area contributed by atoms with Crippen LogP contribution in [0.25, 0.3) is 11.3 Å². The number of aryl methyl sites for hydroxylation is 1. The molecule has 2 fully saturated rings. The van der Waals surface area contributed by atoms with E-state index in [9.17, 15) is 9.59 Å². The van der Waals surface area contributed by atoms with Gasteiger partial charge >= 0.3 is 12.1 Å². The van der Waals surface area contributed by atoms with E-state index in [0.29, 0.717) is 43.6 Å². The van der Waals surface area contributed by atoms with Crippen molar-refractivity contribution >= 4 is 17.9 Å². The largest absolute Gasteiger partial charge is 0.456 e. The number of amides is 4. The number of urea groups is 2. The molecule has 1 N–H and O–H groups in total. The summed E-state index contributed by atoms with van der Waals surface area (Å²) in [7, 11) is 0. The minimum absolute atomic E-state index is 0.125. The average molecular weight is 475 g/mol. The molecule has 180 valence electrons. The van der Waals surface area contributed by atoms with Crippen molar-refractivity contribution in [3.05, 3.63) is 60.7 Å². The van der Waals surface area contributed by atoms with E-state index in [1.165, 1.54) is 11.1 Å². The normalized spacial score (nSPS) is 16.4. The zero-order chi connectivity index (χ0) is 24.2. The van der Waals surface area contributed by atoms with Crippen molar-refractivity contribution < 1.29 is 19.1 Å². The Morgan fingerprint density at radius 2 is 1.86 bits per heavy atom. The number of hydrogen-bond acceptors (Lipinski definition) is 7. The van der Waals surface area contributed by atoms with Crippen LogP contribution in [-0.2, 0) is 4.74 Å². The highest BCUT2D eigenvalue weighted by Crippen LogP contribution is 2.26. The van der Waals surface area contributed by atoms with Gasteiger partial charge in [-0.3, -0.25) is 15.3 Å². The van der Waals surface area contributed by atoms with E-state index in [2.05, 4.69) is 20.3 Å². The number of rotatable bonds is 5. The molecule has 2 aliphatic rings. The summed E-state index contributed by atoms with van der Waals surface area (Å²) in [6, 6.07) is 10.2. The smallest absolute Gasteiger partial charge is 0.331 e. The number of imide groups is 1. The molecule has 0 bridgehead atoms. The number of pyridine rings is 3. The topological polar surface area (TPSA) is 110 Å². The van der Waals surface area contributed by atoms with Gasteiger partial charge in [0.2, 0.25) is 0 Å². The maximum absolute atomic E-state index is 12.7. The first-order chi connectivity index (χ1) is 17.1. The number of nitrogens with one attached hydrogen (secondary N) is 1. The van der Waals surface area contributed by atoms with Gasteiger partial charge in [-0.2, -0.15) is 0 Å². The highest BCUT2D eigenvalue weighted by Gasteiger charge is 2.37.